The highest BCUT2D eigenvalue weighted by molar-refractivity contribution is 5.32. The predicted octanol–water partition coefficient (Wildman–Crippen LogP) is 3.40. The van der Waals surface area contributed by atoms with Gasteiger partial charge in [-0.1, -0.05) is 24.2 Å². The molecule has 1 heterocycles. The summed E-state index contributed by atoms with van der Waals surface area (Å²) in [6.07, 6.45) is 2.33. The van der Waals surface area contributed by atoms with E-state index in [9.17, 15) is 0 Å². The Hall–Kier alpha value is -2.19. The maximum absolute atomic E-state index is 8.88. The van der Waals surface area contributed by atoms with Crippen molar-refractivity contribution >= 4 is 0 Å². The van der Waals surface area contributed by atoms with Gasteiger partial charge >= 0.3 is 0 Å². The fourth-order valence-corrected chi connectivity index (χ4v) is 2.58. The van der Waals surface area contributed by atoms with E-state index in [0.717, 1.165) is 18.3 Å². The average Bonchev–Trinajstić information content (AvgIpc) is 3.31. The molecule has 0 spiro atoms. The predicted molar refractivity (Wildman–Crippen MR) is 81.9 cm³/mol. The maximum atomic E-state index is 8.88. The molecule has 114 valence electrons. The summed E-state index contributed by atoms with van der Waals surface area (Å²) in [6.45, 7) is 5.86. The number of nitrogens with zero attached hydrogens (tertiary/aromatic N) is 4. The van der Waals surface area contributed by atoms with Crippen LogP contribution in [0.15, 0.2) is 28.8 Å². The van der Waals surface area contributed by atoms with Crippen molar-refractivity contribution in [3.8, 4) is 6.07 Å². The Kier molecular flexibility index (Phi) is 4.21. The van der Waals surface area contributed by atoms with E-state index in [1.807, 2.05) is 24.3 Å². The van der Waals surface area contributed by atoms with Crippen molar-refractivity contribution in [3.63, 3.8) is 0 Å². The molecule has 0 N–H and O–H groups in total. The van der Waals surface area contributed by atoms with Crippen LogP contribution in [0.1, 0.15) is 61.5 Å². The lowest BCUT2D eigenvalue weighted by Crippen LogP contribution is -2.26. The lowest BCUT2D eigenvalue weighted by Gasteiger charge is -2.26. The molecule has 1 aliphatic carbocycles. The molecular formula is C17H20N4O. The highest BCUT2D eigenvalue weighted by Crippen LogP contribution is 2.38. The van der Waals surface area contributed by atoms with Crippen molar-refractivity contribution in [1.29, 1.82) is 5.26 Å². The van der Waals surface area contributed by atoms with E-state index in [-0.39, 0.29) is 6.04 Å². The lowest BCUT2D eigenvalue weighted by atomic mass is 10.1. The number of aromatic nitrogens is 2. The van der Waals surface area contributed by atoms with Gasteiger partial charge in [-0.2, -0.15) is 10.2 Å². The van der Waals surface area contributed by atoms with Crippen LogP contribution in [-0.2, 0) is 6.54 Å². The van der Waals surface area contributed by atoms with Crippen LogP contribution < -0.4 is 0 Å². The fourth-order valence-electron chi connectivity index (χ4n) is 2.58. The van der Waals surface area contributed by atoms with Gasteiger partial charge in [0.25, 0.3) is 0 Å². The Morgan fingerprint density at radius 2 is 2.09 bits per heavy atom. The minimum Gasteiger partial charge on any atom is -0.339 e. The molecule has 1 saturated carbocycles. The maximum Gasteiger partial charge on any atom is 0.229 e. The lowest BCUT2D eigenvalue weighted by molar-refractivity contribution is 0.204. The molecule has 1 atom stereocenters. The first-order chi connectivity index (χ1) is 10.7. The molecule has 0 unspecified atom stereocenters. The van der Waals surface area contributed by atoms with Gasteiger partial charge in [-0.25, -0.2) is 0 Å². The van der Waals surface area contributed by atoms with Crippen LogP contribution in [0.25, 0.3) is 0 Å². The third-order valence-corrected chi connectivity index (χ3v) is 4.23. The molecular weight excluding hydrogens is 276 g/mol. The van der Waals surface area contributed by atoms with Crippen molar-refractivity contribution in [2.45, 2.75) is 45.2 Å². The van der Waals surface area contributed by atoms with Crippen molar-refractivity contribution in [2.24, 2.45) is 0 Å². The van der Waals surface area contributed by atoms with Gasteiger partial charge in [-0.15, -0.1) is 0 Å². The molecule has 0 saturated heterocycles. The van der Waals surface area contributed by atoms with E-state index in [4.69, 9.17) is 9.78 Å². The Morgan fingerprint density at radius 3 is 2.68 bits per heavy atom. The van der Waals surface area contributed by atoms with Gasteiger partial charge in [0.05, 0.1) is 18.2 Å². The molecule has 0 amide bonds. The van der Waals surface area contributed by atoms with Crippen molar-refractivity contribution < 1.29 is 4.52 Å². The van der Waals surface area contributed by atoms with Crippen LogP contribution in [0.3, 0.4) is 0 Å². The number of nitriles is 1. The Morgan fingerprint density at radius 1 is 1.36 bits per heavy atom. The summed E-state index contributed by atoms with van der Waals surface area (Å²) < 4.78 is 5.33. The van der Waals surface area contributed by atoms with Gasteiger partial charge < -0.3 is 4.52 Å². The molecule has 5 heteroatoms. The smallest absolute Gasteiger partial charge is 0.229 e. The van der Waals surface area contributed by atoms with Crippen LogP contribution in [-0.4, -0.2) is 21.6 Å². The number of hydrogen-bond donors (Lipinski definition) is 0. The van der Waals surface area contributed by atoms with E-state index >= 15 is 0 Å². The molecule has 1 aromatic carbocycles. The molecule has 1 aromatic heterocycles. The van der Waals surface area contributed by atoms with Crippen LogP contribution in [0.2, 0.25) is 0 Å². The topological polar surface area (TPSA) is 66.0 Å². The Labute approximate surface area is 130 Å². The summed E-state index contributed by atoms with van der Waals surface area (Å²) in [4.78, 5) is 6.80. The zero-order chi connectivity index (χ0) is 15.5. The van der Waals surface area contributed by atoms with Gasteiger partial charge in [0, 0.05) is 12.0 Å². The van der Waals surface area contributed by atoms with Crippen LogP contribution in [0.5, 0.6) is 0 Å². The fraction of sp³-hybridized carbons (Fsp3) is 0.471. The first-order valence-corrected chi connectivity index (χ1v) is 7.78. The van der Waals surface area contributed by atoms with Crippen molar-refractivity contribution in [2.75, 3.05) is 6.54 Å². The van der Waals surface area contributed by atoms with Gasteiger partial charge in [-0.05, 0) is 44.0 Å². The first kappa shape index (κ1) is 14.7. The summed E-state index contributed by atoms with van der Waals surface area (Å²) in [5.74, 6) is 2.04. The van der Waals surface area contributed by atoms with E-state index in [1.54, 1.807) is 0 Å². The molecule has 2 aromatic rings. The molecule has 0 bridgehead atoms. The van der Waals surface area contributed by atoms with Crippen LogP contribution in [0, 0.1) is 11.3 Å². The van der Waals surface area contributed by atoms with Crippen molar-refractivity contribution in [1.82, 2.24) is 15.0 Å². The second-order valence-electron chi connectivity index (χ2n) is 5.80. The number of hydrogen-bond acceptors (Lipinski definition) is 5. The summed E-state index contributed by atoms with van der Waals surface area (Å²) in [6, 6.07) is 10.1. The van der Waals surface area contributed by atoms with Gasteiger partial charge in [-0.3, -0.25) is 4.90 Å². The summed E-state index contributed by atoms with van der Waals surface area (Å²) in [5, 5.41) is 13.0. The SMILES string of the molecule is CCN(Cc1noc(C2CC2)n1)[C@@H](C)c1ccc(C#N)cc1. The van der Waals surface area contributed by atoms with Crippen LogP contribution >= 0.6 is 0 Å². The second kappa shape index (κ2) is 6.29. The average molecular weight is 296 g/mol. The molecule has 0 aliphatic heterocycles. The first-order valence-electron chi connectivity index (χ1n) is 7.78. The molecule has 1 fully saturated rings. The molecule has 0 radical (unpaired) electrons. The third kappa shape index (κ3) is 3.18. The number of benzene rings is 1. The Bertz CT molecular complexity index is 667. The number of rotatable bonds is 6. The second-order valence-corrected chi connectivity index (χ2v) is 5.80. The molecule has 22 heavy (non-hydrogen) atoms. The minimum atomic E-state index is 0.237. The highest BCUT2D eigenvalue weighted by atomic mass is 16.5. The quantitative estimate of drug-likeness (QED) is 0.817. The van der Waals surface area contributed by atoms with E-state index < -0.39 is 0 Å². The largest absolute Gasteiger partial charge is 0.339 e. The van der Waals surface area contributed by atoms with E-state index in [2.05, 4.69) is 35.0 Å². The third-order valence-electron chi connectivity index (χ3n) is 4.23. The van der Waals surface area contributed by atoms with Gasteiger partial charge in [0.15, 0.2) is 5.82 Å². The van der Waals surface area contributed by atoms with Crippen LogP contribution in [0.4, 0.5) is 0 Å². The monoisotopic (exact) mass is 296 g/mol. The van der Waals surface area contributed by atoms with E-state index in [0.29, 0.717) is 18.0 Å². The minimum absolute atomic E-state index is 0.237. The summed E-state index contributed by atoms with van der Waals surface area (Å²) in [5.41, 5.74) is 1.87. The summed E-state index contributed by atoms with van der Waals surface area (Å²) in [7, 11) is 0. The van der Waals surface area contributed by atoms with Gasteiger partial charge in [0.2, 0.25) is 5.89 Å². The van der Waals surface area contributed by atoms with E-state index in [1.165, 1.54) is 18.4 Å². The molecule has 3 rings (SSSR count). The zero-order valence-corrected chi connectivity index (χ0v) is 13.0. The standard InChI is InChI=1S/C17H20N4O/c1-3-21(11-16-19-17(22-20-16)15-8-9-15)12(2)14-6-4-13(10-18)5-7-14/h4-7,12,15H,3,8-9,11H2,1-2H3/t12-/m0/s1. The summed E-state index contributed by atoms with van der Waals surface area (Å²) >= 11 is 0. The molecule has 1 aliphatic rings. The zero-order valence-electron chi connectivity index (χ0n) is 13.0. The Balaban J connectivity index is 1.69. The molecule has 5 nitrogen and oxygen atoms in total. The van der Waals surface area contributed by atoms with Crippen molar-refractivity contribution in [3.05, 3.63) is 47.1 Å². The van der Waals surface area contributed by atoms with Gasteiger partial charge in [0.1, 0.15) is 0 Å². The highest BCUT2D eigenvalue weighted by Gasteiger charge is 2.30. The normalized spacial score (nSPS) is 15.7.